The van der Waals surface area contributed by atoms with Gasteiger partial charge < -0.3 is 14.8 Å². The highest BCUT2D eigenvalue weighted by molar-refractivity contribution is 6.31. The average molecular weight is 414 g/mol. The summed E-state index contributed by atoms with van der Waals surface area (Å²) in [4.78, 5) is 27.6. The van der Waals surface area contributed by atoms with Crippen LogP contribution in [0.25, 0.3) is 10.9 Å². The van der Waals surface area contributed by atoms with Crippen molar-refractivity contribution in [1.29, 1.82) is 0 Å². The van der Waals surface area contributed by atoms with Gasteiger partial charge >= 0.3 is 0 Å². The summed E-state index contributed by atoms with van der Waals surface area (Å²) in [6, 6.07) is 5.18. The van der Waals surface area contributed by atoms with Crippen molar-refractivity contribution in [3.8, 4) is 0 Å². The first-order valence-corrected chi connectivity index (χ1v) is 9.72. The zero-order chi connectivity index (χ0) is 19.1. The summed E-state index contributed by atoms with van der Waals surface area (Å²) >= 11 is 6.11. The predicted molar refractivity (Wildman–Crippen MR) is 115 cm³/mol. The lowest BCUT2D eigenvalue weighted by Gasteiger charge is -2.18. The second-order valence-electron chi connectivity index (χ2n) is 6.36. The molecule has 2 aromatic rings. The van der Waals surface area contributed by atoms with E-state index in [0.29, 0.717) is 17.0 Å². The van der Waals surface area contributed by atoms with Gasteiger partial charge in [-0.05, 0) is 37.7 Å². The number of hydrogen-bond acceptors (Lipinski definition) is 3. The van der Waals surface area contributed by atoms with Crippen molar-refractivity contribution < 1.29 is 4.79 Å². The molecule has 0 unspecified atom stereocenters. The van der Waals surface area contributed by atoms with Crippen LogP contribution >= 0.6 is 24.0 Å². The van der Waals surface area contributed by atoms with Crippen LogP contribution in [0.5, 0.6) is 0 Å². The Balaban J connectivity index is 0.00000364. The molecule has 2 rings (SSSR count). The molecule has 1 aromatic carbocycles. The maximum absolute atomic E-state index is 12.8. The number of benzene rings is 1. The Morgan fingerprint density at radius 1 is 1.22 bits per heavy atom. The molecule has 0 bridgehead atoms. The molecule has 1 aromatic heterocycles. The Morgan fingerprint density at radius 2 is 1.93 bits per heavy atom. The Morgan fingerprint density at radius 3 is 2.56 bits per heavy atom. The van der Waals surface area contributed by atoms with Gasteiger partial charge in [-0.15, -0.1) is 12.4 Å². The molecule has 0 aliphatic rings. The van der Waals surface area contributed by atoms with E-state index in [0.717, 1.165) is 44.5 Å². The van der Waals surface area contributed by atoms with Crippen molar-refractivity contribution in [2.45, 2.75) is 40.2 Å². The van der Waals surface area contributed by atoms with E-state index >= 15 is 0 Å². The molecule has 0 aliphatic carbocycles. The summed E-state index contributed by atoms with van der Waals surface area (Å²) in [6.45, 7) is 10.2. The fourth-order valence-corrected chi connectivity index (χ4v) is 3.17. The van der Waals surface area contributed by atoms with Gasteiger partial charge in [-0.2, -0.15) is 0 Å². The summed E-state index contributed by atoms with van der Waals surface area (Å²) in [7, 11) is 0. The van der Waals surface area contributed by atoms with Crippen LogP contribution < -0.4 is 10.7 Å². The number of hydrogen-bond donors (Lipinski definition) is 1. The number of aromatic nitrogens is 1. The number of pyridine rings is 1. The minimum absolute atomic E-state index is 0. The van der Waals surface area contributed by atoms with E-state index in [-0.39, 0.29) is 29.3 Å². The average Bonchev–Trinajstić information content (AvgIpc) is 2.64. The van der Waals surface area contributed by atoms with Crippen LogP contribution in [0.2, 0.25) is 5.02 Å². The van der Waals surface area contributed by atoms with E-state index in [1.807, 2.05) is 4.57 Å². The Hall–Kier alpha value is -1.56. The van der Waals surface area contributed by atoms with Gasteiger partial charge in [0, 0.05) is 36.2 Å². The van der Waals surface area contributed by atoms with Gasteiger partial charge in [-0.3, -0.25) is 9.59 Å². The number of nitrogens with zero attached hydrogens (tertiary/aromatic N) is 2. The predicted octanol–water partition coefficient (Wildman–Crippen LogP) is 3.95. The van der Waals surface area contributed by atoms with Crippen LogP contribution in [-0.2, 0) is 6.54 Å². The van der Waals surface area contributed by atoms with Crippen LogP contribution in [0.15, 0.2) is 29.2 Å². The molecule has 0 aliphatic heterocycles. The van der Waals surface area contributed by atoms with Crippen LogP contribution in [0.4, 0.5) is 0 Å². The lowest BCUT2D eigenvalue weighted by atomic mass is 10.1. The molecular formula is C20H29Cl2N3O2. The molecule has 0 radical (unpaired) electrons. The Kier molecular flexibility index (Phi) is 9.84. The van der Waals surface area contributed by atoms with Gasteiger partial charge in [-0.25, -0.2) is 0 Å². The summed E-state index contributed by atoms with van der Waals surface area (Å²) < 4.78 is 1.96. The number of likely N-dealkylation sites (N-methyl/N-ethyl adjacent to an activating group) is 1. The van der Waals surface area contributed by atoms with Crippen molar-refractivity contribution in [3.63, 3.8) is 0 Å². The van der Waals surface area contributed by atoms with Crippen LogP contribution in [0.3, 0.4) is 0 Å². The number of rotatable bonds is 9. The highest BCUT2D eigenvalue weighted by Gasteiger charge is 2.15. The maximum Gasteiger partial charge on any atom is 0.256 e. The topological polar surface area (TPSA) is 54.3 Å². The van der Waals surface area contributed by atoms with Gasteiger partial charge in [0.1, 0.15) is 5.56 Å². The quantitative estimate of drug-likeness (QED) is 0.676. The first kappa shape index (κ1) is 23.5. The summed E-state index contributed by atoms with van der Waals surface area (Å²) in [6.07, 6.45) is 3.66. The fraction of sp³-hybridized carbons (Fsp3) is 0.500. The van der Waals surface area contributed by atoms with Crippen molar-refractivity contribution in [1.82, 2.24) is 14.8 Å². The highest BCUT2D eigenvalue weighted by atomic mass is 35.5. The second kappa shape index (κ2) is 11.3. The number of carbonyl (C=O) groups is 1. The molecule has 1 N–H and O–H groups in total. The lowest BCUT2D eigenvalue weighted by molar-refractivity contribution is 0.0947. The van der Waals surface area contributed by atoms with E-state index in [1.54, 1.807) is 24.4 Å². The smallest absolute Gasteiger partial charge is 0.256 e. The van der Waals surface area contributed by atoms with Crippen molar-refractivity contribution in [2.24, 2.45) is 0 Å². The normalized spacial score (nSPS) is 10.9. The monoisotopic (exact) mass is 413 g/mol. The van der Waals surface area contributed by atoms with E-state index < -0.39 is 0 Å². The van der Waals surface area contributed by atoms with Gasteiger partial charge in [-0.1, -0.05) is 38.8 Å². The zero-order valence-electron chi connectivity index (χ0n) is 16.3. The zero-order valence-corrected chi connectivity index (χ0v) is 17.8. The molecule has 7 heteroatoms. The largest absolute Gasteiger partial charge is 0.351 e. The molecule has 0 saturated carbocycles. The minimum Gasteiger partial charge on any atom is -0.351 e. The molecule has 1 amide bonds. The molecule has 1 heterocycles. The first-order valence-electron chi connectivity index (χ1n) is 9.35. The molecule has 27 heavy (non-hydrogen) atoms. The third kappa shape index (κ3) is 5.96. The van der Waals surface area contributed by atoms with Crippen LogP contribution in [0, 0.1) is 0 Å². The molecule has 0 fully saturated rings. The number of amides is 1. The Bertz CT molecular complexity index is 817. The number of fused-ring (bicyclic) bond motifs is 1. The maximum atomic E-state index is 12.8. The standard InChI is InChI=1S/C20H28ClN3O2.ClH/c1-4-7-11-24-14-17(20(26)22-10-12-23(5-2)6-3)19(25)16-9-8-15(21)13-18(16)24;/h8-9,13-14H,4-7,10-12H2,1-3H3,(H,22,26);1H. The second-order valence-corrected chi connectivity index (χ2v) is 6.80. The number of nitrogens with one attached hydrogen (secondary N) is 1. The molecule has 0 spiro atoms. The highest BCUT2D eigenvalue weighted by Crippen LogP contribution is 2.18. The number of carbonyl (C=O) groups excluding carboxylic acids is 1. The van der Waals surface area contributed by atoms with Crippen LogP contribution in [-0.4, -0.2) is 41.6 Å². The van der Waals surface area contributed by atoms with E-state index in [2.05, 4.69) is 31.0 Å². The van der Waals surface area contributed by atoms with Gasteiger partial charge in [0.15, 0.2) is 0 Å². The summed E-state index contributed by atoms with van der Waals surface area (Å²) in [5.41, 5.74) is 0.718. The molecule has 5 nitrogen and oxygen atoms in total. The van der Waals surface area contributed by atoms with E-state index in [9.17, 15) is 9.59 Å². The van der Waals surface area contributed by atoms with Crippen molar-refractivity contribution in [3.05, 3.63) is 45.2 Å². The number of aryl methyl sites for hydroxylation is 1. The molecule has 150 valence electrons. The van der Waals surface area contributed by atoms with Crippen LogP contribution in [0.1, 0.15) is 44.0 Å². The third-order valence-corrected chi connectivity index (χ3v) is 4.88. The molecule has 0 atom stereocenters. The SMILES string of the molecule is CCCCn1cc(C(=O)NCCN(CC)CC)c(=O)c2ccc(Cl)cc21.Cl. The summed E-state index contributed by atoms with van der Waals surface area (Å²) in [5, 5.41) is 3.99. The minimum atomic E-state index is -0.316. The van der Waals surface area contributed by atoms with Crippen molar-refractivity contribution >= 4 is 40.8 Å². The molecular weight excluding hydrogens is 385 g/mol. The number of halogens is 2. The van der Waals surface area contributed by atoms with E-state index in [1.165, 1.54) is 0 Å². The third-order valence-electron chi connectivity index (χ3n) is 4.65. The van der Waals surface area contributed by atoms with Gasteiger partial charge in [0.25, 0.3) is 5.91 Å². The number of unbranched alkanes of at least 4 members (excludes halogenated alkanes) is 1. The van der Waals surface area contributed by atoms with Gasteiger partial charge in [0.05, 0.1) is 5.52 Å². The Labute approximate surface area is 172 Å². The fourth-order valence-electron chi connectivity index (χ4n) is 3.00. The molecule has 0 saturated heterocycles. The van der Waals surface area contributed by atoms with Gasteiger partial charge in [0.2, 0.25) is 5.43 Å². The van der Waals surface area contributed by atoms with Crippen molar-refractivity contribution in [2.75, 3.05) is 26.2 Å². The van der Waals surface area contributed by atoms with E-state index in [4.69, 9.17) is 11.6 Å². The first-order chi connectivity index (χ1) is 12.5. The summed E-state index contributed by atoms with van der Waals surface area (Å²) in [5.74, 6) is -0.316. The lowest BCUT2D eigenvalue weighted by Crippen LogP contribution is -2.36.